The molecule has 0 atom stereocenters. The molecule has 0 radical (unpaired) electrons. The number of ether oxygens (including phenoxy) is 1. The lowest BCUT2D eigenvalue weighted by Gasteiger charge is -2.21. The monoisotopic (exact) mass is 353 g/mol. The average Bonchev–Trinajstić information content (AvgIpc) is 2.69. The Kier molecular flexibility index (Phi) is 6.72. The third-order valence-electron chi connectivity index (χ3n) is 4.71. The van der Waals surface area contributed by atoms with Crippen LogP contribution in [0.3, 0.4) is 0 Å². The summed E-state index contributed by atoms with van der Waals surface area (Å²) in [6.45, 7) is 3.12. The molecule has 0 unspecified atom stereocenters. The summed E-state index contributed by atoms with van der Waals surface area (Å²) >= 11 is 0. The van der Waals surface area contributed by atoms with Gasteiger partial charge in [-0.15, -0.1) is 0 Å². The number of aromatic nitrogens is 2. The highest BCUT2D eigenvalue weighted by atomic mass is 16.5. The normalized spacial score (nSPS) is 15.0. The summed E-state index contributed by atoms with van der Waals surface area (Å²) < 4.78 is 5.90. The van der Waals surface area contributed by atoms with Gasteiger partial charge in [-0.1, -0.05) is 49.6 Å². The highest BCUT2D eigenvalue weighted by molar-refractivity contribution is 5.99. The van der Waals surface area contributed by atoms with Crippen LogP contribution in [-0.2, 0) is 4.74 Å². The van der Waals surface area contributed by atoms with E-state index in [1.54, 1.807) is 6.20 Å². The number of hydrogen-bond acceptors (Lipinski definition) is 4. The van der Waals surface area contributed by atoms with Gasteiger partial charge in [0.05, 0.1) is 17.4 Å². The van der Waals surface area contributed by atoms with E-state index in [1.165, 1.54) is 32.1 Å². The van der Waals surface area contributed by atoms with Crippen LogP contribution >= 0.6 is 0 Å². The number of hydrogen-bond donors (Lipinski definition) is 1. The quantitative estimate of drug-likeness (QED) is 0.766. The predicted molar refractivity (Wildman–Crippen MR) is 102 cm³/mol. The van der Waals surface area contributed by atoms with E-state index < -0.39 is 0 Å². The molecule has 1 aromatic carbocycles. The molecular weight excluding hydrogens is 326 g/mol. The number of nitrogens with zero attached hydrogens (tertiary/aromatic N) is 2. The summed E-state index contributed by atoms with van der Waals surface area (Å²) in [7, 11) is 0. The first-order valence-corrected chi connectivity index (χ1v) is 9.53. The van der Waals surface area contributed by atoms with Crippen LogP contribution in [0.4, 0.5) is 0 Å². The van der Waals surface area contributed by atoms with E-state index in [9.17, 15) is 4.79 Å². The first kappa shape index (κ1) is 18.5. The predicted octanol–water partition coefficient (Wildman–Crippen LogP) is 3.92. The molecular formula is C21H27N3O2. The molecule has 2 aromatic rings. The van der Waals surface area contributed by atoms with E-state index in [0.717, 1.165) is 12.0 Å². The first-order valence-electron chi connectivity index (χ1n) is 9.53. The Hall–Kier alpha value is -2.27. The second-order valence-electron chi connectivity index (χ2n) is 6.79. The molecule has 1 N–H and O–H groups in total. The van der Waals surface area contributed by atoms with Crippen molar-refractivity contribution in [2.75, 3.05) is 13.2 Å². The highest BCUT2D eigenvalue weighted by Crippen LogP contribution is 2.21. The summed E-state index contributed by atoms with van der Waals surface area (Å²) in [5.74, 6) is 0.516. The van der Waals surface area contributed by atoms with E-state index in [0.29, 0.717) is 36.3 Å². The Balaban J connectivity index is 1.53. The van der Waals surface area contributed by atoms with Gasteiger partial charge in [0.1, 0.15) is 5.82 Å². The topological polar surface area (TPSA) is 64.1 Å². The number of rotatable bonds is 7. The van der Waals surface area contributed by atoms with Crippen LogP contribution in [0.2, 0.25) is 0 Å². The Morgan fingerprint density at radius 1 is 1.19 bits per heavy atom. The van der Waals surface area contributed by atoms with Crippen molar-refractivity contribution in [1.82, 2.24) is 15.3 Å². The Morgan fingerprint density at radius 2 is 1.96 bits per heavy atom. The van der Waals surface area contributed by atoms with Crippen molar-refractivity contribution in [2.45, 2.75) is 51.6 Å². The van der Waals surface area contributed by atoms with Crippen LogP contribution in [0.15, 0.2) is 36.5 Å². The van der Waals surface area contributed by atoms with Gasteiger partial charge < -0.3 is 10.1 Å². The molecule has 1 heterocycles. The fraction of sp³-hybridized carbons (Fsp3) is 0.476. The Bertz CT molecular complexity index is 712. The molecule has 26 heavy (non-hydrogen) atoms. The lowest BCUT2D eigenvalue weighted by Crippen LogP contribution is -2.27. The average molecular weight is 353 g/mol. The van der Waals surface area contributed by atoms with Crippen LogP contribution < -0.4 is 5.32 Å². The van der Waals surface area contributed by atoms with Crippen LogP contribution in [0.25, 0.3) is 11.3 Å². The SMILES string of the molecule is Cc1ncc(C(=O)NCCCOC2CCCCC2)c(-c2ccccc2)n1. The van der Waals surface area contributed by atoms with Crippen molar-refractivity contribution in [2.24, 2.45) is 0 Å². The minimum Gasteiger partial charge on any atom is -0.378 e. The van der Waals surface area contributed by atoms with Crippen molar-refractivity contribution < 1.29 is 9.53 Å². The summed E-state index contributed by atoms with van der Waals surface area (Å²) in [4.78, 5) is 21.3. The maximum atomic E-state index is 12.6. The minimum atomic E-state index is -0.137. The van der Waals surface area contributed by atoms with Gasteiger partial charge in [-0.05, 0) is 26.2 Å². The standard InChI is InChI=1S/C21H27N3O2/c1-16-23-15-19(20(24-16)17-9-4-2-5-10-17)21(25)22-13-8-14-26-18-11-6-3-7-12-18/h2,4-5,9-10,15,18H,3,6-8,11-14H2,1H3,(H,22,25). The van der Waals surface area contributed by atoms with Crippen molar-refractivity contribution in [3.8, 4) is 11.3 Å². The molecule has 1 aromatic heterocycles. The maximum Gasteiger partial charge on any atom is 0.255 e. The second-order valence-corrected chi connectivity index (χ2v) is 6.79. The van der Waals surface area contributed by atoms with Gasteiger partial charge in [-0.3, -0.25) is 4.79 Å². The largest absolute Gasteiger partial charge is 0.378 e. The highest BCUT2D eigenvalue weighted by Gasteiger charge is 2.16. The van der Waals surface area contributed by atoms with E-state index in [-0.39, 0.29) is 5.91 Å². The first-order chi connectivity index (χ1) is 12.7. The lowest BCUT2D eigenvalue weighted by atomic mass is 9.98. The number of benzene rings is 1. The van der Waals surface area contributed by atoms with Crippen molar-refractivity contribution in [1.29, 1.82) is 0 Å². The minimum absolute atomic E-state index is 0.137. The molecule has 0 bridgehead atoms. The molecule has 0 spiro atoms. The summed E-state index contributed by atoms with van der Waals surface area (Å²) in [6.07, 6.45) is 9.07. The number of amides is 1. The number of nitrogens with one attached hydrogen (secondary N) is 1. The molecule has 3 rings (SSSR count). The molecule has 138 valence electrons. The Morgan fingerprint density at radius 3 is 2.73 bits per heavy atom. The molecule has 5 heteroatoms. The van der Waals surface area contributed by atoms with E-state index in [2.05, 4.69) is 15.3 Å². The van der Waals surface area contributed by atoms with E-state index in [1.807, 2.05) is 37.3 Å². The number of carbonyl (C=O) groups is 1. The second kappa shape index (κ2) is 9.43. The van der Waals surface area contributed by atoms with Crippen LogP contribution in [0, 0.1) is 6.92 Å². The smallest absolute Gasteiger partial charge is 0.255 e. The number of carbonyl (C=O) groups excluding carboxylic acids is 1. The Labute approximate surface area is 155 Å². The fourth-order valence-electron chi connectivity index (χ4n) is 3.30. The maximum absolute atomic E-state index is 12.6. The molecule has 0 aliphatic heterocycles. The van der Waals surface area contributed by atoms with Gasteiger partial charge in [-0.25, -0.2) is 9.97 Å². The van der Waals surface area contributed by atoms with Crippen molar-refractivity contribution in [3.63, 3.8) is 0 Å². The molecule has 1 saturated carbocycles. The van der Waals surface area contributed by atoms with Crippen molar-refractivity contribution in [3.05, 3.63) is 47.9 Å². The fourth-order valence-corrected chi connectivity index (χ4v) is 3.30. The van der Waals surface area contributed by atoms with Gasteiger partial charge in [-0.2, -0.15) is 0 Å². The third kappa shape index (κ3) is 5.11. The zero-order valence-electron chi connectivity index (χ0n) is 15.4. The summed E-state index contributed by atoms with van der Waals surface area (Å²) in [5, 5.41) is 2.97. The number of aryl methyl sites for hydroxylation is 1. The lowest BCUT2D eigenvalue weighted by molar-refractivity contribution is 0.0273. The third-order valence-corrected chi connectivity index (χ3v) is 4.71. The summed E-state index contributed by atoms with van der Waals surface area (Å²) in [6, 6.07) is 9.74. The zero-order chi connectivity index (χ0) is 18.2. The van der Waals surface area contributed by atoms with Crippen LogP contribution in [0.5, 0.6) is 0 Å². The summed E-state index contributed by atoms with van der Waals surface area (Å²) in [5.41, 5.74) is 2.10. The van der Waals surface area contributed by atoms with Gasteiger partial charge >= 0.3 is 0 Å². The molecule has 1 amide bonds. The van der Waals surface area contributed by atoms with Crippen LogP contribution in [0.1, 0.15) is 54.7 Å². The van der Waals surface area contributed by atoms with E-state index >= 15 is 0 Å². The molecule has 1 fully saturated rings. The molecule has 1 aliphatic carbocycles. The molecule has 0 saturated heterocycles. The van der Waals surface area contributed by atoms with E-state index in [4.69, 9.17) is 4.74 Å². The zero-order valence-corrected chi connectivity index (χ0v) is 15.4. The van der Waals surface area contributed by atoms with Gasteiger partial charge in [0.25, 0.3) is 5.91 Å². The van der Waals surface area contributed by atoms with Gasteiger partial charge in [0.2, 0.25) is 0 Å². The molecule has 5 nitrogen and oxygen atoms in total. The van der Waals surface area contributed by atoms with Crippen molar-refractivity contribution >= 4 is 5.91 Å². The molecule has 1 aliphatic rings. The van der Waals surface area contributed by atoms with Gasteiger partial charge in [0.15, 0.2) is 0 Å². The van der Waals surface area contributed by atoms with Gasteiger partial charge in [0, 0.05) is 24.9 Å². The van der Waals surface area contributed by atoms with Crippen LogP contribution in [-0.4, -0.2) is 35.1 Å².